The number of hydrogen-bond acceptors (Lipinski definition) is 5. The lowest BCUT2D eigenvalue weighted by Crippen LogP contribution is -2.47. The number of piperidine rings is 2. The smallest absolute Gasteiger partial charge is 0.309 e. The van der Waals surface area contributed by atoms with Gasteiger partial charge in [-0.05, 0) is 44.7 Å². The predicted octanol–water partition coefficient (Wildman–Crippen LogP) is 2.50. The molecular formula is C23H32N2O5. The van der Waals surface area contributed by atoms with Crippen molar-refractivity contribution >= 4 is 17.8 Å². The summed E-state index contributed by atoms with van der Waals surface area (Å²) in [5.41, 5.74) is 0. The Bertz CT molecular complexity index is 708. The normalized spacial score (nSPS) is 18.2. The molecule has 0 bridgehead atoms. The Balaban J connectivity index is 1.36. The number of rotatable bonds is 7. The van der Waals surface area contributed by atoms with E-state index >= 15 is 0 Å². The second kappa shape index (κ2) is 11.0. The summed E-state index contributed by atoms with van der Waals surface area (Å²) in [5, 5.41) is 0. The SMILES string of the molecule is CCOC(=O)C1CCN(C(=O)C2CCN(C(=O)CCOc3ccccc3)CC2)CC1. The van der Waals surface area contributed by atoms with E-state index < -0.39 is 0 Å². The van der Waals surface area contributed by atoms with Gasteiger partial charge in [-0.3, -0.25) is 14.4 Å². The van der Waals surface area contributed by atoms with Crippen LogP contribution in [0.5, 0.6) is 5.75 Å². The Hall–Kier alpha value is -2.57. The lowest BCUT2D eigenvalue weighted by atomic mass is 9.92. The van der Waals surface area contributed by atoms with Crippen molar-refractivity contribution in [2.24, 2.45) is 11.8 Å². The lowest BCUT2D eigenvalue weighted by Gasteiger charge is -2.37. The fourth-order valence-electron chi connectivity index (χ4n) is 4.16. The van der Waals surface area contributed by atoms with Gasteiger partial charge in [-0.25, -0.2) is 0 Å². The summed E-state index contributed by atoms with van der Waals surface area (Å²) < 4.78 is 10.7. The summed E-state index contributed by atoms with van der Waals surface area (Å²) in [6.07, 6.45) is 3.07. The highest BCUT2D eigenvalue weighted by atomic mass is 16.5. The van der Waals surface area contributed by atoms with Crippen molar-refractivity contribution in [2.75, 3.05) is 39.4 Å². The van der Waals surface area contributed by atoms with E-state index in [2.05, 4.69) is 0 Å². The summed E-state index contributed by atoms with van der Waals surface area (Å²) in [6, 6.07) is 9.47. The van der Waals surface area contributed by atoms with Crippen LogP contribution in [0.15, 0.2) is 30.3 Å². The highest BCUT2D eigenvalue weighted by molar-refractivity contribution is 5.81. The molecule has 2 aliphatic rings. The second-order valence-electron chi connectivity index (χ2n) is 7.92. The fourth-order valence-corrected chi connectivity index (χ4v) is 4.16. The van der Waals surface area contributed by atoms with Crippen molar-refractivity contribution in [3.63, 3.8) is 0 Å². The molecule has 0 spiro atoms. The van der Waals surface area contributed by atoms with E-state index in [1.807, 2.05) is 47.1 Å². The molecule has 2 amide bonds. The minimum absolute atomic E-state index is 0.0336. The van der Waals surface area contributed by atoms with E-state index in [1.165, 1.54) is 0 Å². The van der Waals surface area contributed by atoms with Crippen LogP contribution in [0.3, 0.4) is 0 Å². The van der Waals surface area contributed by atoms with Crippen LogP contribution in [0.25, 0.3) is 0 Å². The van der Waals surface area contributed by atoms with E-state index in [1.54, 1.807) is 0 Å². The fraction of sp³-hybridized carbons (Fsp3) is 0.609. The van der Waals surface area contributed by atoms with Crippen LogP contribution in [0, 0.1) is 11.8 Å². The van der Waals surface area contributed by atoms with Crippen molar-refractivity contribution in [3.8, 4) is 5.75 Å². The number of ether oxygens (including phenoxy) is 2. The van der Waals surface area contributed by atoms with Crippen LogP contribution in [-0.2, 0) is 19.1 Å². The third-order valence-electron chi connectivity index (χ3n) is 5.95. The Morgan fingerprint density at radius 2 is 1.50 bits per heavy atom. The molecule has 3 rings (SSSR count). The average molecular weight is 417 g/mol. The number of benzene rings is 1. The maximum absolute atomic E-state index is 12.8. The molecule has 7 nitrogen and oxygen atoms in total. The maximum atomic E-state index is 12.8. The van der Waals surface area contributed by atoms with Crippen LogP contribution in [0.2, 0.25) is 0 Å². The Labute approximate surface area is 178 Å². The maximum Gasteiger partial charge on any atom is 0.309 e. The first-order chi connectivity index (χ1) is 14.6. The van der Waals surface area contributed by atoms with Gasteiger partial charge in [-0.2, -0.15) is 0 Å². The van der Waals surface area contributed by atoms with Gasteiger partial charge in [0.2, 0.25) is 11.8 Å². The van der Waals surface area contributed by atoms with E-state index in [-0.39, 0.29) is 29.6 Å². The van der Waals surface area contributed by atoms with E-state index in [0.29, 0.717) is 71.5 Å². The topological polar surface area (TPSA) is 76.2 Å². The highest BCUT2D eigenvalue weighted by Crippen LogP contribution is 2.25. The number of esters is 1. The van der Waals surface area contributed by atoms with Crippen molar-refractivity contribution in [1.29, 1.82) is 0 Å². The van der Waals surface area contributed by atoms with Gasteiger partial charge in [-0.15, -0.1) is 0 Å². The number of para-hydroxylation sites is 1. The Morgan fingerprint density at radius 1 is 0.900 bits per heavy atom. The quantitative estimate of drug-likeness (QED) is 0.639. The molecule has 7 heteroatoms. The molecule has 1 aromatic rings. The molecule has 2 fully saturated rings. The number of hydrogen-bond donors (Lipinski definition) is 0. The summed E-state index contributed by atoms with van der Waals surface area (Å²) in [4.78, 5) is 40.9. The molecule has 30 heavy (non-hydrogen) atoms. The Kier molecular flexibility index (Phi) is 8.11. The van der Waals surface area contributed by atoms with Gasteiger partial charge in [0.25, 0.3) is 0 Å². The number of nitrogens with zero attached hydrogens (tertiary/aromatic N) is 2. The predicted molar refractivity (Wildman–Crippen MR) is 112 cm³/mol. The average Bonchev–Trinajstić information content (AvgIpc) is 2.79. The highest BCUT2D eigenvalue weighted by Gasteiger charge is 2.33. The molecule has 0 atom stereocenters. The molecule has 2 saturated heterocycles. The van der Waals surface area contributed by atoms with Gasteiger partial charge in [0.15, 0.2) is 0 Å². The first-order valence-corrected chi connectivity index (χ1v) is 11.0. The van der Waals surface area contributed by atoms with Gasteiger partial charge in [0.1, 0.15) is 5.75 Å². The summed E-state index contributed by atoms with van der Waals surface area (Å²) in [6.45, 7) is 5.01. The molecule has 0 radical (unpaired) electrons. The summed E-state index contributed by atoms with van der Waals surface area (Å²) >= 11 is 0. The van der Waals surface area contributed by atoms with Crippen molar-refractivity contribution < 1.29 is 23.9 Å². The van der Waals surface area contributed by atoms with Crippen molar-refractivity contribution in [3.05, 3.63) is 30.3 Å². The van der Waals surface area contributed by atoms with E-state index in [9.17, 15) is 14.4 Å². The molecule has 0 aromatic heterocycles. The zero-order chi connectivity index (χ0) is 21.3. The second-order valence-corrected chi connectivity index (χ2v) is 7.92. The van der Waals surface area contributed by atoms with Gasteiger partial charge >= 0.3 is 5.97 Å². The number of amides is 2. The van der Waals surface area contributed by atoms with Crippen LogP contribution < -0.4 is 4.74 Å². The van der Waals surface area contributed by atoms with Gasteiger partial charge < -0.3 is 19.3 Å². The first-order valence-electron chi connectivity index (χ1n) is 11.0. The molecular weight excluding hydrogens is 384 g/mol. The first kappa shape index (κ1) is 22.1. The largest absolute Gasteiger partial charge is 0.493 e. The molecule has 0 saturated carbocycles. The standard InChI is InChI=1S/C23H32N2O5/c1-2-29-23(28)19-10-15-25(16-11-19)22(27)18-8-13-24(14-9-18)21(26)12-17-30-20-6-4-3-5-7-20/h3-7,18-19H,2,8-17H2,1H3. The van der Waals surface area contributed by atoms with Crippen molar-refractivity contribution in [2.45, 2.75) is 39.0 Å². The zero-order valence-electron chi connectivity index (χ0n) is 17.8. The molecule has 2 aliphatic heterocycles. The third-order valence-corrected chi connectivity index (χ3v) is 5.95. The van der Waals surface area contributed by atoms with Gasteiger partial charge in [-0.1, -0.05) is 18.2 Å². The van der Waals surface area contributed by atoms with E-state index in [4.69, 9.17) is 9.47 Å². The lowest BCUT2D eigenvalue weighted by molar-refractivity contribution is -0.152. The molecule has 0 aliphatic carbocycles. The van der Waals surface area contributed by atoms with Gasteiger partial charge in [0.05, 0.1) is 25.6 Å². The van der Waals surface area contributed by atoms with Crippen LogP contribution >= 0.6 is 0 Å². The third kappa shape index (κ3) is 5.97. The molecule has 0 N–H and O–H groups in total. The van der Waals surface area contributed by atoms with Gasteiger partial charge in [0, 0.05) is 32.1 Å². The minimum Gasteiger partial charge on any atom is -0.493 e. The summed E-state index contributed by atoms with van der Waals surface area (Å²) in [5.74, 6) is 0.734. The van der Waals surface area contributed by atoms with Crippen molar-refractivity contribution in [1.82, 2.24) is 9.80 Å². The number of carbonyl (C=O) groups is 3. The molecule has 0 unspecified atom stereocenters. The molecule has 2 heterocycles. The number of likely N-dealkylation sites (tertiary alicyclic amines) is 2. The molecule has 1 aromatic carbocycles. The van der Waals surface area contributed by atoms with E-state index in [0.717, 1.165) is 5.75 Å². The Morgan fingerprint density at radius 3 is 2.13 bits per heavy atom. The zero-order valence-corrected chi connectivity index (χ0v) is 17.8. The van der Waals surface area contributed by atoms with Crippen LogP contribution in [0.4, 0.5) is 0 Å². The van der Waals surface area contributed by atoms with Crippen LogP contribution in [0.1, 0.15) is 39.0 Å². The minimum atomic E-state index is -0.146. The molecule has 164 valence electrons. The monoisotopic (exact) mass is 416 g/mol. The van der Waals surface area contributed by atoms with Crippen LogP contribution in [-0.4, -0.2) is 67.0 Å². The number of carbonyl (C=O) groups excluding carboxylic acids is 3. The summed E-state index contributed by atoms with van der Waals surface area (Å²) in [7, 11) is 0.